The van der Waals surface area contributed by atoms with E-state index in [0.29, 0.717) is 30.8 Å². The maximum atomic E-state index is 12.0. The number of ether oxygens (including phenoxy) is 1. The molecule has 0 aliphatic rings. The van der Waals surface area contributed by atoms with E-state index in [2.05, 4.69) is 5.32 Å². The Kier molecular flexibility index (Phi) is 8.12. The molecule has 6 heteroatoms. The lowest BCUT2D eigenvalue weighted by Crippen LogP contribution is -2.34. The van der Waals surface area contributed by atoms with Crippen molar-refractivity contribution in [2.75, 3.05) is 32.1 Å². The summed E-state index contributed by atoms with van der Waals surface area (Å²) in [6.45, 7) is 7.18. The molecule has 1 rings (SSSR count). The van der Waals surface area contributed by atoms with Crippen LogP contribution >= 0.6 is 0 Å². The fourth-order valence-electron chi connectivity index (χ4n) is 2.31. The molecule has 0 aromatic heterocycles. The SMILES string of the molecule is CCN(CCC(=O)Nc1ccc(C(C)=O)cc1)CC(C)C(=O)OC. The largest absolute Gasteiger partial charge is 0.469 e. The lowest BCUT2D eigenvalue weighted by atomic mass is 10.1. The molecule has 1 atom stereocenters. The van der Waals surface area contributed by atoms with Crippen molar-refractivity contribution in [1.82, 2.24) is 4.90 Å². The summed E-state index contributed by atoms with van der Waals surface area (Å²) >= 11 is 0. The van der Waals surface area contributed by atoms with Crippen LogP contribution in [-0.2, 0) is 14.3 Å². The van der Waals surface area contributed by atoms with Crippen LogP contribution in [0.3, 0.4) is 0 Å². The molecule has 24 heavy (non-hydrogen) atoms. The number of anilines is 1. The van der Waals surface area contributed by atoms with Crippen LogP contribution in [0.2, 0.25) is 0 Å². The maximum absolute atomic E-state index is 12.0. The fourth-order valence-corrected chi connectivity index (χ4v) is 2.31. The molecule has 1 aromatic carbocycles. The number of amides is 1. The van der Waals surface area contributed by atoms with E-state index in [4.69, 9.17) is 4.74 Å². The van der Waals surface area contributed by atoms with Crippen molar-refractivity contribution < 1.29 is 19.1 Å². The third kappa shape index (κ3) is 6.50. The fraction of sp³-hybridized carbons (Fsp3) is 0.500. The summed E-state index contributed by atoms with van der Waals surface area (Å²) in [7, 11) is 1.37. The molecule has 1 aromatic rings. The van der Waals surface area contributed by atoms with Crippen LogP contribution in [-0.4, -0.2) is 49.3 Å². The number of rotatable bonds is 9. The van der Waals surface area contributed by atoms with Gasteiger partial charge in [0.2, 0.25) is 5.91 Å². The molecule has 1 N–H and O–H groups in total. The second kappa shape index (κ2) is 9.82. The number of ketones is 1. The zero-order valence-electron chi connectivity index (χ0n) is 14.8. The van der Waals surface area contributed by atoms with E-state index in [-0.39, 0.29) is 23.6 Å². The first-order valence-electron chi connectivity index (χ1n) is 8.08. The predicted octanol–water partition coefficient (Wildman–Crippen LogP) is 2.35. The van der Waals surface area contributed by atoms with Crippen molar-refractivity contribution in [2.45, 2.75) is 27.2 Å². The monoisotopic (exact) mass is 334 g/mol. The normalized spacial score (nSPS) is 11.9. The highest BCUT2D eigenvalue weighted by atomic mass is 16.5. The number of hydrogen-bond acceptors (Lipinski definition) is 5. The molecule has 1 amide bonds. The van der Waals surface area contributed by atoms with Gasteiger partial charge >= 0.3 is 5.97 Å². The van der Waals surface area contributed by atoms with Crippen molar-refractivity contribution in [3.8, 4) is 0 Å². The summed E-state index contributed by atoms with van der Waals surface area (Å²) in [5.41, 5.74) is 1.28. The Bertz CT molecular complexity index is 569. The summed E-state index contributed by atoms with van der Waals surface area (Å²) in [6, 6.07) is 6.81. The Morgan fingerprint density at radius 3 is 2.33 bits per heavy atom. The van der Waals surface area contributed by atoms with Gasteiger partial charge in [0, 0.05) is 30.8 Å². The van der Waals surface area contributed by atoms with Gasteiger partial charge < -0.3 is 15.0 Å². The summed E-state index contributed by atoms with van der Waals surface area (Å²) in [4.78, 5) is 36.8. The number of carbonyl (C=O) groups excluding carboxylic acids is 3. The van der Waals surface area contributed by atoms with E-state index in [1.807, 2.05) is 18.7 Å². The molecule has 0 fully saturated rings. The van der Waals surface area contributed by atoms with Gasteiger partial charge in [0.15, 0.2) is 5.78 Å². The maximum Gasteiger partial charge on any atom is 0.309 e. The van der Waals surface area contributed by atoms with E-state index in [9.17, 15) is 14.4 Å². The lowest BCUT2D eigenvalue weighted by molar-refractivity contribution is -0.145. The van der Waals surface area contributed by atoms with Crippen LogP contribution in [0, 0.1) is 5.92 Å². The highest BCUT2D eigenvalue weighted by Crippen LogP contribution is 2.11. The number of benzene rings is 1. The molecule has 0 aliphatic carbocycles. The molecule has 1 unspecified atom stereocenters. The van der Waals surface area contributed by atoms with Crippen molar-refractivity contribution in [1.29, 1.82) is 0 Å². The second-order valence-electron chi connectivity index (χ2n) is 5.75. The number of Topliss-reactive ketones (excluding diaryl/α,β-unsaturated/α-hetero) is 1. The van der Waals surface area contributed by atoms with Crippen LogP contribution in [0.15, 0.2) is 24.3 Å². The summed E-state index contributed by atoms with van der Waals surface area (Å²) < 4.78 is 4.72. The quantitative estimate of drug-likeness (QED) is 0.554. The minimum atomic E-state index is -0.247. The van der Waals surface area contributed by atoms with Gasteiger partial charge in [-0.25, -0.2) is 0 Å². The van der Waals surface area contributed by atoms with Crippen molar-refractivity contribution in [3.05, 3.63) is 29.8 Å². The van der Waals surface area contributed by atoms with Crippen LogP contribution in [0.25, 0.3) is 0 Å². The van der Waals surface area contributed by atoms with Gasteiger partial charge in [-0.2, -0.15) is 0 Å². The van der Waals surface area contributed by atoms with Crippen molar-refractivity contribution in [2.24, 2.45) is 5.92 Å². The molecule has 0 aliphatic heterocycles. The standard InChI is InChI=1S/C18H26N2O4/c1-5-20(12-13(2)18(23)24-4)11-10-17(22)19-16-8-6-15(7-9-16)14(3)21/h6-9,13H,5,10-12H2,1-4H3,(H,19,22). The first-order chi connectivity index (χ1) is 11.4. The van der Waals surface area contributed by atoms with Gasteiger partial charge in [-0.05, 0) is 37.7 Å². The summed E-state index contributed by atoms with van der Waals surface area (Å²) in [5, 5.41) is 2.81. The second-order valence-corrected chi connectivity index (χ2v) is 5.75. The molecule has 132 valence electrons. The number of hydrogen-bond donors (Lipinski definition) is 1. The molecule has 0 bridgehead atoms. The lowest BCUT2D eigenvalue weighted by Gasteiger charge is -2.22. The predicted molar refractivity (Wildman–Crippen MR) is 93.0 cm³/mol. The van der Waals surface area contributed by atoms with Gasteiger partial charge in [0.05, 0.1) is 13.0 Å². The van der Waals surface area contributed by atoms with E-state index in [1.165, 1.54) is 14.0 Å². The average Bonchev–Trinajstić information content (AvgIpc) is 2.57. The third-order valence-electron chi connectivity index (χ3n) is 3.81. The highest BCUT2D eigenvalue weighted by Gasteiger charge is 2.17. The molecular formula is C18H26N2O4. The minimum Gasteiger partial charge on any atom is -0.469 e. The van der Waals surface area contributed by atoms with Crippen molar-refractivity contribution in [3.63, 3.8) is 0 Å². The molecule has 0 spiro atoms. The summed E-state index contributed by atoms with van der Waals surface area (Å²) in [5.74, 6) is -0.582. The van der Waals surface area contributed by atoms with Crippen LogP contribution in [0.5, 0.6) is 0 Å². The summed E-state index contributed by atoms with van der Waals surface area (Å²) in [6.07, 6.45) is 0.330. The Balaban J connectivity index is 2.46. The highest BCUT2D eigenvalue weighted by molar-refractivity contribution is 5.95. The number of nitrogens with zero attached hydrogens (tertiary/aromatic N) is 1. The van der Waals surface area contributed by atoms with Crippen LogP contribution in [0.4, 0.5) is 5.69 Å². The van der Waals surface area contributed by atoms with Crippen LogP contribution < -0.4 is 5.32 Å². The van der Waals surface area contributed by atoms with Gasteiger partial charge in [-0.15, -0.1) is 0 Å². The topological polar surface area (TPSA) is 75.7 Å². The van der Waals surface area contributed by atoms with Gasteiger partial charge in [0.25, 0.3) is 0 Å². The number of carbonyl (C=O) groups is 3. The van der Waals surface area contributed by atoms with Crippen LogP contribution in [0.1, 0.15) is 37.6 Å². The van der Waals surface area contributed by atoms with Gasteiger partial charge in [-0.3, -0.25) is 14.4 Å². The van der Waals surface area contributed by atoms with E-state index >= 15 is 0 Å². The Labute approximate surface area is 143 Å². The van der Waals surface area contributed by atoms with E-state index in [1.54, 1.807) is 24.3 Å². The molecule has 6 nitrogen and oxygen atoms in total. The number of esters is 1. The Morgan fingerprint density at radius 2 is 1.83 bits per heavy atom. The zero-order valence-corrected chi connectivity index (χ0v) is 14.8. The van der Waals surface area contributed by atoms with Gasteiger partial charge in [-0.1, -0.05) is 13.8 Å². The Morgan fingerprint density at radius 1 is 1.21 bits per heavy atom. The zero-order chi connectivity index (χ0) is 18.1. The molecule has 0 saturated carbocycles. The van der Waals surface area contributed by atoms with E-state index < -0.39 is 0 Å². The minimum absolute atomic E-state index is 0.00816. The third-order valence-corrected chi connectivity index (χ3v) is 3.81. The molecule has 0 saturated heterocycles. The van der Waals surface area contributed by atoms with Crippen molar-refractivity contribution >= 4 is 23.3 Å². The Hall–Kier alpha value is -2.21. The molecule has 0 radical (unpaired) electrons. The number of nitrogens with one attached hydrogen (secondary N) is 1. The first-order valence-corrected chi connectivity index (χ1v) is 8.08. The molecule has 0 heterocycles. The average molecular weight is 334 g/mol. The smallest absolute Gasteiger partial charge is 0.309 e. The molecular weight excluding hydrogens is 308 g/mol. The van der Waals surface area contributed by atoms with E-state index in [0.717, 1.165) is 6.54 Å². The number of methoxy groups -OCH3 is 1. The van der Waals surface area contributed by atoms with Gasteiger partial charge in [0.1, 0.15) is 0 Å². The first kappa shape index (κ1) is 19.8.